The Morgan fingerprint density at radius 3 is 2.36 bits per heavy atom. The summed E-state index contributed by atoms with van der Waals surface area (Å²) < 4.78 is 1.97. The Morgan fingerprint density at radius 1 is 0.920 bits per heavy atom. The van der Waals surface area contributed by atoms with Gasteiger partial charge in [0.2, 0.25) is 0 Å². The molecule has 1 aromatic carbocycles. The highest BCUT2D eigenvalue weighted by Crippen LogP contribution is 2.30. The molecular formula is C22H20N2O. The minimum atomic E-state index is 0.0300. The number of carbonyl (C=O) groups excluding carboxylic acids is 1. The van der Waals surface area contributed by atoms with Crippen LogP contribution in [0.25, 0.3) is 5.52 Å². The highest BCUT2D eigenvalue weighted by molar-refractivity contribution is 6.09. The molecule has 2 heterocycles. The largest absolute Gasteiger partial charge is 0.308 e. The van der Waals surface area contributed by atoms with Crippen molar-refractivity contribution in [1.29, 1.82) is 5.26 Å². The molecule has 0 saturated carbocycles. The van der Waals surface area contributed by atoms with E-state index in [0.717, 1.165) is 36.9 Å². The molecule has 25 heavy (non-hydrogen) atoms. The molecule has 0 spiro atoms. The van der Waals surface area contributed by atoms with E-state index in [2.05, 4.69) is 6.07 Å². The van der Waals surface area contributed by atoms with Gasteiger partial charge in [-0.2, -0.15) is 5.26 Å². The van der Waals surface area contributed by atoms with Gasteiger partial charge in [0.05, 0.1) is 5.52 Å². The quantitative estimate of drug-likeness (QED) is 0.640. The van der Waals surface area contributed by atoms with Crippen molar-refractivity contribution in [2.75, 3.05) is 0 Å². The second-order valence-electron chi connectivity index (χ2n) is 6.70. The lowest BCUT2D eigenvalue weighted by Gasteiger charge is -2.10. The molecule has 0 aliphatic heterocycles. The van der Waals surface area contributed by atoms with Gasteiger partial charge < -0.3 is 4.40 Å². The number of hydrogen-bond donors (Lipinski definition) is 0. The number of pyridine rings is 1. The standard InChI is InChI=1S/C22H20N2O/c23-15-21-19-11-7-2-1-6-10-18(19)20-14-17(12-13-24(20)21)22(25)16-8-4-3-5-9-16/h3-5,8-9,12-14H,1-2,6-7,10-11H2. The second kappa shape index (κ2) is 6.57. The summed E-state index contributed by atoms with van der Waals surface area (Å²) in [7, 11) is 0. The van der Waals surface area contributed by atoms with Crippen LogP contribution in [0.3, 0.4) is 0 Å². The SMILES string of the molecule is N#Cc1c2c(c3cc(C(=O)c4ccccc4)ccn13)CCCCCC2. The molecule has 0 amide bonds. The van der Waals surface area contributed by atoms with Gasteiger partial charge in [-0.3, -0.25) is 4.79 Å². The number of aromatic nitrogens is 1. The fraction of sp³-hybridized carbons (Fsp3) is 0.273. The number of rotatable bonds is 2. The lowest BCUT2D eigenvalue weighted by atomic mass is 9.94. The minimum absolute atomic E-state index is 0.0300. The third-order valence-corrected chi connectivity index (χ3v) is 5.16. The zero-order valence-corrected chi connectivity index (χ0v) is 14.2. The van der Waals surface area contributed by atoms with Crippen molar-refractivity contribution in [3.8, 4) is 6.07 Å². The van der Waals surface area contributed by atoms with Crippen molar-refractivity contribution < 1.29 is 4.79 Å². The number of carbonyl (C=O) groups is 1. The molecule has 0 saturated heterocycles. The molecule has 2 aromatic heterocycles. The summed E-state index contributed by atoms with van der Waals surface area (Å²) in [5.41, 5.74) is 5.60. The van der Waals surface area contributed by atoms with Crippen LogP contribution in [-0.2, 0) is 12.8 Å². The van der Waals surface area contributed by atoms with Crippen LogP contribution < -0.4 is 0 Å². The number of fused-ring (bicyclic) bond motifs is 3. The molecule has 0 radical (unpaired) electrons. The van der Waals surface area contributed by atoms with Gasteiger partial charge in [0, 0.05) is 17.3 Å². The van der Waals surface area contributed by atoms with Crippen LogP contribution in [-0.4, -0.2) is 10.2 Å². The van der Waals surface area contributed by atoms with Gasteiger partial charge in [-0.25, -0.2) is 0 Å². The molecule has 124 valence electrons. The highest BCUT2D eigenvalue weighted by atomic mass is 16.1. The monoisotopic (exact) mass is 328 g/mol. The zero-order chi connectivity index (χ0) is 17.2. The Kier molecular flexibility index (Phi) is 4.11. The topological polar surface area (TPSA) is 45.3 Å². The summed E-state index contributed by atoms with van der Waals surface area (Å²) >= 11 is 0. The van der Waals surface area contributed by atoms with Crippen molar-refractivity contribution in [1.82, 2.24) is 4.40 Å². The van der Waals surface area contributed by atoms with Gasteiger partial charge in [-0.15, -0.1) is 0 Å². The number of benzene rings is 1. The van der Waals surface area contributed by atoms with E-state index in [1.807, 2.05) is 53.1 Å². The third kappa shape index (κ3) is 2.74. The minimum Gasteiger partial charge on any atom is -0.308 e. The molecule has 0 N–H and O–H groups in total. The first-order valence-electron chi connectivity index (χ1n) is 8.95. The van der Waals surface area contributed by atoms with Crippen LogP contribution in [0.4, 0.5) is 0 Å². The molecule has 3 heteroatoms. The maximum Gasteiger partial charge on any atom is 0.193 e. The number of ketones is 1. The van der Waals surface area contributed by atoms with E-state index in [0.29, 0.717) is 11.1 Å². The van der Waals surface area contributed by atoms with Gasteiger partial charge in [-0.05, 0) is 48.9 Å². The van der Waals surface area contributed by atoms with Crippen LogP contribution in [0.1, 0.15) is 58.4 Å². The van der Waals surface area contributed by atoms with E-state index in [9.17, 15) is 10.1 Å². The molecule has 0 fully saturated rings. The number of aryl methyl sites for hydroxylation is 1. The molecular weight excluding hydrogens is 308 g/mol. The van der Waals surface area contributed by atoms with Gasteiger partial charge >= 0.3 is 0 Å². The molecule has 4 rings (SSSR count). The predicted octanol–water partition coefficient (Wildman–Crippen LogP) is 4.70. The molecule has 3 aromatic rings. The van der Waals surface area contributed by atoms with E-state index in [1.165, 1.54) is 24.0 Å². The molecule has 0 unspecified atom stereocenters. The Labute approximate surface area is 147 Å². The lowest BCUT2D eigenvalue weighted by Crippen LogP contribution is -2.02. The first-order valence-corrected chi connectivity index (χ1v) is 8.95. The van der Waals surface area contributed by atoms with E-state index in [4.69, 9.17) is 0 Å². The fourth-order valence-corrected chi connectivity index (χ4v) is 3.89. The van der Waals surface area contributed by atoms with Crippen LogP contribution in [0.15, 0.2) is 48.7 Å². The van der Waals surface area contributed by atoms with Crippen molar-refractivity contribution in [2.45, 2.75) is 38.5 Å². The summed E-state index contributed by atoms with van der Waals surface area (Å²) in [6.07, 6.45) is 8.58. The Balaban J connectivity index is 1.87. The second-order valence-corrected chi connectivity index (χ2v) is 6.70. The van der Waals surface area contributed by atoms with Gasteiger partial charge in [-0.1, -0.05) is 43.2 Å². The van der Waals surface area contributed by atoms with Crippen molar-refractivity contribution in [3.63, 3.8) is 0 Å². The number of nitriles is 1. The van der Waals surface area contributed by atoms with Crippen LogP contribution in [0.2, 0.25) is 0 Å². The summed E-state index contributed by atoms with van der Waals surface area (Å²) in [5, 5.41) is 9.66. The predicted molar refractivity (Wildman–Crippen MR) is 97.9 cm³/mol. The lowest BCUT2D eigenvalue weighted by molar-refractivity contribution is 0.103. The average molecular weight is 328 g/mol. The summed E-state index contributed by atoms with van der Waals surface area (Å²) in [5.74, 6) is 0.0300. The zero-order valence-electron chi connectivity index (χ0n) is 14.2. The van der Waals surface area contributed by atoms with Crippen molar-refractivity contribution >= 4 is 11.3 Å². The summed E-state index contributed by atoms with van der Waals surface area (Å²) in [6.45, 7) is 0. The summed E-state index contributed by atoms with van der Waals surface area (Å²) in [6, 6.07) is 15.5. The van der Waals surface area contributed by atoms with E-state index < -0.39 is 0 Å². The Morgan fingerprint density at radius 2 is 1.64 bits per heavy atom. The van der Waals surface area contributed by atoms with Crippen LogP contribution in [0, 0.1) is 11.3 Å². The van der Waals surface area contributed by atoms with Gasteiger partial charge in [0.25, 0.3) is 0 Å². The van der Waals surface area contributed by atoms with Crippen molar-refractivity contribution in [2.24, 2.45) is 0 Å². The molecule has 0 atom stereocenters. The number of nitrogens with zero attached hydrogens (tertiary/aromatic N) is 2. The maximum absolute atomic E-state index is 12.8. The van der Waals surface area contributed by atoms with Crippen LogP contribution in [0.5, 0.6) is 0 Å². The average Bonchev–Trinajstić information content (AvgIpc) is 2.92. The van der Waals surface area contributed by atoms with Gasteiger partial charge in [0.15, 0.2) is 5.78 Å². The van der Waals surface area contributed by atoms with Crippen LogP contribution >= 0.6 is 0 Å². The smallest absolute Gasteiger partial charge is 0.193 e. The van der Waals surface area contributed by atoms with E-state index >= 15 is 0 Å². The van der Waals surface area contributed by atoms with E-state index in [-0.39, 0.29) is 5.78 Å². The fourth-order valence-electron chi connectivity index (χ4n) is 3.89. The van der Waals surface area contributed by atoms with E-state index in [1.54, 1.807) is 0 Å². The normalized spacial score (nSPS) is 14.4. The summed E-state index contributed by atoms with van der Waals surface area (Å²) in [4.78, 5) is 12.8. The highest BCUT2D eigenvalue weighted by Gasteiger charge is 2.20. The number of hydrogen-bond acceptors (Lipinski definition) is 2. The molecule has 1 aliphatic carbocycles. The third-order valence-electron chi connectivity index (χ3n) is 5.16. The van der Waals surface area contributed by atoms with Crippen molar-refractivity contribution in [3.05, 3.63) is 76.6 Å². The molecule has 0 bridgehead atoms. The Hall–Kier alpha value is -2.86. The maximum atomic E-state index is 12.8. The molecule has 1 aliphatic rings. The molecule has 3 nitrogen and oxygen atoms in total. The Bertz CT molecular complexity index is 977. The first kappa shape index (κ1) is 15.7. The first-order chi connectivity index (χ1) is 12.3. The van der Waals surface area contributed by atoms with Gasteiger partial charge in [0.1, 0.15) is 11.8 Å².